The summed E-state index contributed by atoms with van der Waals surface area (Å²) in [7, 11) is 0. The molecule has 0 bridgehead atoms. The van der Waals surface area contributed by atoms with E-state index < -0.39 is 0 Å². The summed E-state index contributed by atoms with van der Waals surface area (Å²) in [6, 6.07) is 26.0. The summed E-state index contributed by atoms with van der Waals surface area (Å²) >= 11 is 1.88. The Hall–Kier alpha value is -3.17. The number of benzene rings is 3. The topological polar surface area (TPSA) is 17.8 Å². The summed E-state index contributed by atoms with van der Waals surface area (Å²) in [5, 5.41) is 5.26. The van der Waals surface area contributed by atoms with Crippen molar-refractivity contribution < 1.29 is 0 Å². The zero-order chi connectivity index (χ0) is 17.1. The maximum absolute atomic E-state index is 4.20. The lowest BCUT2D eigenvalue weighted by atomic mass is 10.1. The van der Waals surface area contributed by atoms with Gasteiger partial charge in [-0.15, -0.1) is 11.3 Å². The molecule has 3 aromatic carbocycles. The van der Waals surface area contributed by atoms with Crippen molar-refractivity contribution in [3.63, 3.8) is 0 Å². The molecule has 6 rings (SSSR count). The smallest absolute Gasteiger partial charge is 0.0719 e. The first kappa shape index (κ1) is 14.0. The van der Waals surface area contributed by atoms with E-state index in [1.54, 1.807) is 0 Å². The lowest BCUT2D eigenvalue weighted by Crippen LogP contribution is -1.93. The molecule has 0 radical (unpaired) electrons. The second-order valence-electron chi connectivity index (χ2n) is 6.49. The van der Waals surface area contributed by atoms with Crippen LogP contribution >= 0.6 is 11.3 Å². The van der Waals surface area contributed by atoms with Crippen LogP contribution in [-0.2, 0) is 0 Å². The number of fused-ring (bicyclic) bond motifs is 7. The molecule has 122 valence electrons. The first-order valence-electron chi connectivity index (χ1n) is 8.65. The van der Waals surface area contributed by atoms with Crippen LogP contribution in [0.1, 0.15) is 0 Å². The van der Waals surface area contributed by atoms with Gasteiger partial charge in [0.2, 0.25) is 0 Å². The number of para-hydroxylation sites is 1. The zero-order valence-electron chi connectivity index (χ0n) is 13.9. The fourth-order valence-corrected chi connectivity index (χ4v) is 5.23. The molecular weight excluding hydrogens is 336 g/mol. The minimum Gasteiger partial charge on any atom is -0.308 e. The van der Waals surface area contributed by atoms with Crippen LogP contribution in [-0.4, -0.2) is 9.55 Å². The molecule has 3 heterocycles. The van der Waals surface area contributed by atoms with E-state index in [9.17, 15) is 0 Å². The van der Waals surface area contributed by atoms with Crippen LogP contribution in [0.4, 0.5) is 0 Å². The molecule has 2 nitrogen and oxygen atoms in total. The Morgan fingerprint density at radius 1 is 0.654 bits per heavy atom. The van der Waals surface area contributed by atoms with Gasteiger partial charge in [0.05, 0.1) is 15.7 Å². The van der Waals surface area contributed by atoms with Crippen LogP contribution in [0.25, 0.3) is 47.7 Å². The summed E-state index contributed by atoms with van der Waals surface area (Å²) in [5.74, 6) is 0. The highest BCUT2D eigenvalue weighted by Gasteiger charge is 2.17. The third-order valence-electron chi connectivity index (χ3n) is 5.10. The molecule has 0 N–H and O–H groups in total. The van der Waals surface area contributed by atoms with Crippen LogP contribution in [0.5, 0.6) is 0 Å². The first-order valence-corrected chi connectivity index (χ1v) is 9.47. The predicted octanol–water partition coefficient (Wildman–Crippen LogP) is 6.55. The fraction of sp³-hybridized carbons (Fsp3) is 0. The lowest BCUT2D eigenvalue weighted by Gasteiger charge is -2.07. The van der Waals surface area contributed by atoms with Crippen molar-refractivity contribution in [2.45, 2.75) is 0 Å². The van der Waals surface area contributed by atoms with Crippen molar-refractivity contribution >= 4 is 53.3 Å². The standard InChI is InChI=1S/C23H14N2S/c1-3-7-20-16(5-1)18-9-10-19-17-6-2-4-8-21(17)26-23(19)22(18)25(20)15-11-13-24-14-12-15/h1-14H. The third kappa shape index (κ3) is 1.78. The number of rotatable bonds is 1. The van der Waals surface area contributed by atoms with E-state index in [2.05, 4.69) is 82.3 Å². The van der Waals surface area contributed by atoms with Crippen LogP contribution in [0.15, 0.2) is 85.2 Å². The molecule has 0 saturated heterocycles. The SMILES string of the molecule is c1ccc2c(c1)sc1c2ccc2c3ccccc3n(-c3ccncc3)c21. The van der Waals surface area contributed by atoms with Crippen molar-refractivity contribution in [3.05, 3.63) is 85.2 Å². The van der Waals surface area contributed by atoms with Crippen LogP contribution < -0.4 is 0 Å². The van der Waals surface area contributed by atoms with Gasteiger partial charge in [-0.3, -0.25) is 4.98 Å². The Labute approximate surface area is 153 Å². The molecule has 6 aromatic rings. The molecule has 0 unspecified atom stereocenters. The Balaban J connectivity index is 1.92. The third-order valence-corrected chi connectivity index (χ3v) is 6.29. The van der Waals surface area contributed by atoms with Gasteiger partial charge in [0.25, 0.3) is 0 Å². The monoisotopic (exact) mass is 350 g/mol. The van der Waals surface area contributed by atoms with Crippen molar-refractivity contribution in [2.75, 3.05) is 0 Å². The summed E-state index contributed by atoms with van der Waals surface area (Å²) in [6.07, 6.45) is 3.72. The van der Waals surface area contributed by atoms with Crippen LogP contribution in [0.3, 0.4) is 0 Å². The quantitative estimate of drug-likeness (QED) is 0.329. The summed E-state index contributed by atoms with van der Waals surface area (Å²) in [6.45, 7) is 0. The van der Waals surface area contributed by atoms with Gasteiger partial charge < -0.3 is 4.57 Å². The van der Waals surface area contributed by atoms with Gasteiger partial charge in [0, 0.05) is 44.3 Å². The van der Waals surface area contributed by atoms with E-state index in [0.717, 1.165) is 5.69 Å². The summed E-state index contributed by atoms with van der Waals surface area (Å²) < 4.78 is 5.06. The minimum atomic E-state index is 1.15. The van der Waals surface area contributed by atoms with E-state index in [1.165, 1.54) is 42.0 Å². The normalized spacial score (nSPS) is 11.8. The molecule has 0 saturated carbocycles. The number of thiophene rings is 1. The Kier molecular flexibility index (Phi) is 2.79. The van der Waals surface area contributed by atoms with E-state index in [-0.39, 0.29) is 0 Å². The van der Waals surface area contributed by atoms with Gasteiger partial charge in [-0.25, -0.2) is 0 Å². The first-order chi connectivity index (χ1) is 12.9. The average Bonchev–Trinajstić information content (AvgIpc) is 3.24. The molecule has 0 aliphatic carbocycles. The van der Waals surface area contributed by atoms with E-state index in [0.29, 0.717) is 0 Å². The number of aromatic nitrogens is 2. The van der Waals surface area contributed by atoms with Crippen LogP contribution in [0.2, 0.25) is 0 Å². The molecule has 3 heteroatoms. The molecule has 0 amide bonds. The molecule has 0 atom stereocenters. The molecular formula is C23H14N2S. The van der Waals surface area contributed by atoms with Crippen molar-refractivity contribution in [1.29, 1.82) is 0 Å². The van der Waals surface area contributed by atoms with Gasteiger partial charge in [-0.05, 0) is 24.3 Å². The minimum absolute atomic E-state index is 1.15. The largest absolute Gasteiger partial charge is 0.308 e. The Morgan fingerprint density at radius 3 is 2.27 bits per heavy atom. The summed E-state index contributed by atoms with van der Waals surface area (Å²) in [4.78, 5) is 4.20. The van der Waals surface area contributed by atoms with E-state index >= 15 is 0 Å². The molecule has 0 aliphatic rings. The lowest BCUT2D eigenvalue weighted by molar-refractivity contribution is 1.16. The van der Waals surface area contributed by atoms with E-state index in [4.69, 9.17) is 0 Å². The van der Waals surface area contributed by atoms with Crippen molar-refractivity contribution in [2.24, 2.45) is 0 Å². The van der Waals surface area contributed by atoms with Crippen LogP contribution in [0, 0.1) is 0 Å². The molecule has 0 fully saturated rings. The van der Waals surface area contributed by atoms with Gasteiger partial charge >= 0.3 is 0 Å². The number of nitrogens with zero attached hydrogens (tertiary/aromatic N) is 2. The van der Waals surface area contributed by atoms with Crippen molar-refractivity contribution in [1.82, 2.24) is 9.55 Å². The predicted molar refractivity (Wildman–Crippen MR) is 111 cm³/mol. The molecule has 0 aliphatic heterocycles. The highest BCUT2D eigenvalue weighted by molar-refractivity contribution is 7.26. The highest BCUT2D eigenvalue weighted by atomic mass is 32.1. The number of pyridine rings is 1. The number of hydrogen-bond acceptors (Lipinski definition) is 2. The number of hydrogen-bond donors (Lipinski definition) is 0. The van der Waals surface area contributed by atoms with Gasteiger partial charge in [-0.2, -0.15) is 0 Å². The maximum atomic E-state index is 4.20. The summed E-state index contributed by atoms with van der Waals surface area (Å²) in [5.41, 5.74) is 3.67. The van der Waals surface area contributed by atoms with Gasteiger partial charge in [0.15, 0.2) is 0 Å². The highest BCUT2D eigenvalue weighted by Crippen LogP contribution is 2.42. The second kappa shape index (κ2) is 5.16. The van der Waals surface area contributed by atoms with E-state index in [1.807, 2.05) is 23.7 Å². The second-order valence-corrected chi connectivity index (χ2v) is 7.55. The van der Waals surface area contributed by atoms with Gasteiger partial charge in [-0.1, -0.05) is 48.5 Å². The zero-order valence-corrected chi connectivity index (χ0v) is 14.7. The molecule has 3 aromatic heterocycles. The molecule has 26 heavy (non-hydrogen) atoms. The Bertz CT molecular complexity index is 1420. The Morgan fingerprint density at radius 2 is 1.38 bits per heavy atom. The average molecular weight is 350 g/mol. The van der Waals surface area contributed by atoms with Gasteiger partial charge in [0.1, 0.15) is 0 Å². The fourth-order valence-electron chi connectivity index (χ4n) is 3.99. The maximum Gasteiger partial charge on any atom is 0.0719 e. The molecule has 0 spiro atoms. The van der Waals surface area contributed by atoms with Crippen molar-refractivity contribution in [3.8, 4) is 5.69 Å².